The number of carboxylic acids is 2. The normalized spacial score (nSPS) is 16.5. The second kappa shape index (κ2) is 5.39. The van der Waals surface area contributed by atoms with Crippen molar-refractivity contribution < 1.29 is 39.9 Å². The molecule has 0 aliphatic heterocycles. The topological polar surface area (TPSA) is 152 Å². The molecule has 0 aromatic heterocycles. The van der Waals surface area contributed by atoms with Crippen LogP contribution < -0.4 is 0 Å². The minimum Gasteiger partial charge on any atom is -0.479 e. The van der Waals surface area contributed by atoms with Crippen LogP contribution in [0.3, 0.4) is 0 Å². The Morgan fingerprint density at radius 3 is 1.80 bits per heavy atom. The molecule has 5 N–H and O–H groups in total. The van der Waals surface area contributed by atoms with Gasteiger partial charge in [0.05, 0.1) is 6.10 Å². The Morgan fingerprint density at radius 2 is 1.47 bits per heavy atom. The quantitative estimate of drug-likeness (QED) is 0.302. The lowest BCUT2D eigenvalue weighted by molar-refractivity contribution is -0.160. The highest BCUT2D eigenvalue weighted by molar-refractivity contribution is 6.32. The van der Waals surface area contributed by atoms with Crippen LogP contribution >= 0.6 is 0 Å². The van der Waals surface area contributed by atoms with Crippen LogP contribution in [0, 0.1) is 0 Å². The molecule has 86 valence electrons. The van der Waals surface area contributed by atoms with E-state index in [4.69, 9.17) is 25.5 Å². The Morgan fingerprint density at radius 1 is 1.00 bits per heavy atom. The van der Waals surface area contributed by atoms with Crippen LogP contribution in [0.15, 0.2) is 0 Å². The first kappa shape index (κ1) is 13.5. The SMILES string of the molecule is O=C(O)C(=O)CC(O)C(O)C(O)C(=O)O. The summed E-state index contributed by atoms with van der Waals surface area (Å²) in [6.07, 6.45) is -7.31. The number of ketones is 1. The third kappa shape index (κ3) is 4.02. The van der Waals surface area contributed by atoms with Gasteiger partial charge in [0.25, 0.3) is 0 Å². The minimum atomic E-state index is -2.28. The van der Waals surface area contributed by atoms with Crippen molar-refractivity contribution in [3.8, 4) is 0 Å². The third-order valence-corrected chi connectivity index (χ3v) is 1.60. The molecule has 8 nitrogen and oxygen atoms in total. The molecule has 15 heavy (non-hydrogen) atoms. The zero-order chi connectivity index (χ0) is 12.2. The first-order chi connectivity index (χ1) is 6.77. The van der Waals surface area contributed by atoms with Gasteiger partial charge in [-0.05, 0) is 0 Å². The lowest BCUT2D eigenvalue weighted by Gasteiger charge is -2.18. The third-order valence-electron chi connectivity index (χ3n) is 1.60. The highest BCUT2D eigenvalue weighted by Gasteiger charge is 2.32. The summed E-state index contributed by atoms with van der Waals surface area (Å²) >= 11 is 0. The number of aliphatic hydroxyl groups excluding tert-OH is 3. The van der Waals surface area contributed by atoms with Gasteiger partial charge in [-0.25, -0.2) is 9.59 Å². The fourth-order valence-electron chi connectivity index (χ4n) is 0.755. The number of aliphatic hydroxyl groups is 3. The molecule has 0 aromatic carbocycles. The Hall–Kier alpha value is -1.51. The summed E-state index contributed by atoms with van der Waals surface area (Å²) in [6.45, 7) is 0. The Labute approximate surface area is 83.4 Å². The molecule has 3 unspecified atom stereocenters. The van der Waals surface area contributed by atoms with Gasteiger partial charge in [0.1, 0.15) is 6.10 Å². The number of carbonyl (C=O) groups is 3. The van der Waals surface area contributed by atoms with Gasteiger partial charge >= 0.3 is 11.9 Å². The molecule has 0 fully saturated rings. The standard InChI is InChI=1S/C7H10O8/c8-2(1-3(9)6(12)13)4(10)5(11)7(14)15/h2,4-5,8,10-11H,1H2,(H,12,13)(H,14,15). The molecule has 0 aliphatic carbocycles. The van der Waals surface area contributed by atoms with Gasteiger partial charge in [0, 0.05) is 6.42 Å². The zero-order valence-corrected chi connectivity index (χ0v) is 7.40. The summed E-state index contributed by atoms with van der Waals surface area (Å²) in [6, 6.07) is 0. The van der Waals surface area contributed by atoms with Crippen LogP contribution in [0.1, 0.15) is 6.42 Å². The van der Waals surface area contributed by atoms with Gasteiger partial charge < -0.3 is 25.5 Å². The average molecular weight is 222 g/mol. The van der Waals surface area contributed by atoms with E-state index in [0.717, 1.165) is 0 Å². The van der Waals surface area contributed by atoms with Crippen LogP contribution in [0.25, 0.3) is 0 Å². The second-order valence-corrected chi connectivity index (χ2v) is 2.77. The molecule has 0 saturated carbocycles. The van der Waals surface area contributed by atoms with Crippen LogP contribution in [0.2, 0.25) is 0 Å². The van der Waals surface area contributed by atoms with E-state index < -0.39 is 42.5 Å². The highest BCUT2D eigenvalue weighted by Crippen LogP contribution is 2.05. The lowest BCUT2D eigenvalue weighted by atomic mass is 10.0. The number of aliphatic carboxylic acids is 2. The number of carboxylic acid groups (broad SMARTS) is 2. The Bertz CT molecular complexity index is 272. The van der Waals surface area contributed by atoms with E-state index in [1.165, 1.54) is 0 Å². The van der Waals surface area contributed by atoms with E-state index in [1.54, 1.807) is 0 Å². The van der Waals surface area contributed by atoms with E-state index in [0.29, 0.717) is 0 Å². The van der Waals surface area contributed by atoms with Crippen molar-refractivity contribution in [1.82, 2.24) is 0 Å². The van der Waals surface area contributed by atoms with E-state index in [9.17, 15) is 14.4 Å². The summed E-state index contributed by atoms with van der Waals surface area (Å²) in [5.74, 6) is -4.99. The minimum absolute atomic E-state index is 0.971. The lowest BCUT2D eigenvalue weighted by Crippen LogP contribution is -2.43. The number of carbonyl (C=O) groups excluding carboxylic acids is 1. The molecule has 8 heteroatoms. The summed E-state index contributed by atoms with van der Waals surface area (Å²) in [5.41, 5.74) is 0. The highest BCUT2D eigenvalue weighted by atomic mass is 16.4. The summed E-state index contributed by atoms with van der Waals surface area (Å²) in [7, 11) is 0. The van der Waals surface area contributed by atoms with Crippen molar-refractivity contribution in [2.24, 2.45) is 0 Å². The molecule has 0 aromatic rings. The van der Waals surface area contributed by atoms with Gasteiger partial charge in [-0.1, -0.05) is 0 Å². The number of hydrogen-bond donors (Lipinski definition) is 5. The summed E-state index contributed by atoms with van der Waals surface area (Å²) in [4.78, 5) is 30.7. The molecular formula is C7H10O8. The molecule has 0 bridgehead atoms. The second-order valence-electron chi connectivity index (χ2n) is 2.77. The van der Waals surface area contributed by atoms with Crippen molar-refractivity contribution in [3.05, 3.63) is 0 Å². The molecule has 0 heterocycles. The first-order valence-corrected chi connectivity index (χ1v) is 3.80. The maximum atomic E-state index is 10.6. The summed E-state index contributed by atoms with van der Waals surface area (Å²) < 4.78 is 0. The monoisotopic (exact) mass is 222 g/mol. The molecule has 0 spiro atoms. The fraction of sp³-hybridized carbons (Fsp3) is 0.571. The van der Waals surface area contributed by atoms with Gasteiger partial charge in [-0.3, -0.25) is 4.79 Å². The molecule has 0 aliphatic rings. The van der Waals surface area contributed by atoms with Crippen molar-refractivity contribution in [3.63, 3.8) is 0 Å². The molecule has 3 atom stereocenters. The maximum Gasteiger partial charge on any atom is 0.372 e. The van der Waals surface area contributed by atoms with Crippen LogP contribution in [-0.2, 0) is 14.4 Å². The van der Waals surface area contributed by atoms with Gasteiger partial charge in [0.2, 0.25) is 5.78 Å². The predicted molar refractivity (Wildman–Crippen MR) is 42.9 cm³/mol. The van der Waals surface area contributed by atoms with Gasteiger partial charge in [-0.15, -0.1) is 0 Å². The molecule has 0 amide bonds. The molecular weight excluding hydrogens is 212 g/mol. The largest absolute Gasteiger partial charge is 0.479 e. The van der Waals surface area contributed by atoms with Crippen LogP contribution in [-0.4, -0.2) is 61.6 Å². The van der Waals surface area contributed by atoms with Crippen molar-refractivity contribution >= 4 is 17.7 Å². The number of hydrogen-bond acceptors (Lipinski definition) is 6. The number of Topliss-reactive ketones (excluding diaryl/α,β-unsaturated/α-hetero) is 1. The average Bonchev–Trinajstić information content (AvgIpc) is 2.14. The van der Waals surface area contributed by atoms with Crippen molar-refractivity contribution in [1.29, 1.82) is 0 Å². The van der Waals surface area contributed by atoms with Gasteiger partial charge in [0.15, 0.2) is 6.10 Å². The number of rotatable bonds is 6. The Kier molecular flexibility index (Phi) is 4.85. The van der Waals surface area contributed by atoms with E-state index >= 15 is 0 Å². The van der Waals surface area contributed by atoms with Crippen molar-refractivity contribution in [2.75, 3.05) is 0 Å². The van der Waals surface area contributed by atoms with E-state index in [2.05, 4.69) is 0 Å². The van der Waals surface area contributed by atoms with Gasteiger partial charge in [-0.2, -0.15) is 0 Å². The fourth-order valence-corrected chi connectivity index (χ4v) is 0.755. The molecule has 0 saturated heterocycles. The predicted octanol–water partition coefficient (Wildman–Crippen LogP) is -2.80. The molecule has 0 rings (SSSR count). The maximum absolute atomic E-state index is 10.6. The first-order valence-electron chi connectivity index (χ1n) is 3.80. The van der Waals surface area contributed by atoms with Crippen LogP contribution in [0.4, 0.5) is 0 Å². The van der Waals surface area contributed by atoms with Crippen molar-refractivity contribution in [2.45, 2.75) is 24.7 Å². The smallest absolute Gasteiger partial charge is 0.372 e. The zero-order valence-electron chi connectivity index (χ0n) is 7.40. The van der Waals surface area contributed by atoms with E-state index in [-0.39, 0.29) is 0 Å². The Balaban J connectivity index is 4.33. The molecule has 0 radical (unpaired) electrons. The van der Waals surface area contributed by atoms with Crippen LogP contribution in [0.5, 0.6) is 0 Å². The summed E-state index contributed by atoms with van der Waals surface area (Å²) in [5, 5.41) is 43.1. The van der Waals surface area contributed by atoms with E-state index in [1.807, 2.05) is 0 Å².